The number of rotatable bonds is 2. The topological polar surface area (TPSA) is 52.7 Å². The number of nitrogens with one attached hydrogen (secondary N) is 1. The van der Waals surface area contributed by atoms with Gasteiger partial charge in [0.25, 0.3) is 0 Å². The van der Waals surface area contributed by atoms with E-state index in [2.05, 4.69) is 17.1 Å². The van der Waals surface area contributed by atoms with E-state index in [9.17, 15) is 9.59 Å². The van der Waals surface area contributed by atoms with E-state index in [4.69, 9.17) is 0 Å². The van der Waals surface area contributed by atoms with E-state index in [1.165, 1.54) is 18.5 Å². The first kappa shape index (κ1) is 17.8. The maximum absolute atomic E-state index is 12.3. The average Bonchev–Trinajstić information content (AvgIpc) is 2.92. The Kier molecular flexibility index (Phi) is 5.95. The SMILES string of the molecule is CC1CCN(c2ccc(NC(=O)C(=O)N3CCCCCC3)cc2)CC1. The summed E-state index contributed by atoms with van der Waals surface area (Å²) in [6.45, 7) is 5.86. The van der Waals surface area contributed by atoms with Crippen LogP contribution in [-0.2, 0) is 9.59 Å². The number of anilines is 2. The van der Waals surface area contributed by atoms with Gasteiger partial charge >= 0.3 is 11.8 Å². The standard InChI is InChI=1S/C20H29N3O2/c1-16-10-14-22(15-11-16)18-8-6-17(7-9-18)21-19(24)20(25)23-12-4-2-3-5-13-23/h6-9,16H,2-5,10-15H2,1H3,(H,21,24). The lowest BCUT2D eigenvalue weighted by atomic mass is 9.99. The highest BCUT2D eigenvalue weighted by atomic mass is 16.2. The number of nitrogens with zero attached hydrogens (tertiary/aromatic N) is 2. The predicted octanol–water partition coefficient (Wildman–Crippen LogP) is 3.26. The summed E-state index contributed by atoms with van der Waals surface area (Å²) in [6, 6.07) is 7.84. The van der Waals surface area contributed by atoms with Crippen LogP contribution < -0.4 is 10.2 Å². The molecule has 0 bridgehead atoms. The molecule has 1 aromatic rings. The Hall–Kier alpha value is -2.04. The second-order valence-corrected chi connectivity index (χ2v) is 7.38. The van der Waals surface area contributed by atoms with Gasteiger partial charge in [-0.1, -0.05) is 19.8 Å². The van der Waals surface area contributed by atoms with E-state index in [1.807, 2.05) is 24.3 Å². The molecule has 1 N–H and O–H groups in total. The molecule has 5 nitrogen and oxygen atoms in total. The minimum absolute atomic E-state index is 0.406. The Balaban J connectivity index is 1.55. The summed E-state index contributed by atoms with van der Waals surface area (Å²) >= 11 is 0. The fourth-order valence-electron chi connectivity index (χ4n) is 3.62. The first-order valence-corrected chi connectivity index (χ1v) is 9.59. The summed E-state index contributed by atoms with van der Waals surface area (Å²) in [6.07, 6.45) is 6.71. The zero-order chi connectivity index (χ0) is 17.6. The van der Waals surface area contributed by atoms with Gasteiger partial charge in [-0.2, -0.15) is 0 Å². The molecule has 2 saturated heterocycles. The summed E-state index contributed by atoms with van der Waals surface area (Å²) in [5.41, 5.74) is 1.87. The maximum atomic E-state index is 12.3. The monoisotopic (exact) mass is 343 g/mol. The van der Waals surface area contributed by atoms with Gasteiger partial charge in [0, 0.05) is 37.6 Å². The van der Waals surface area contributed by atoms with Crippen molar-refractivity contribution >= 4 is 23.2 Å². The molecule has 0 radical (unpaired) electrons. The second-order valence-electron chi connectivity index (χ2n) is 7.38. The van der Waals surface area contributed by atoms with E-state index < -0.39 is 11.8 Å². The second kappa shape index (κ2) is 8.37. The fraction of sp³-hybridized carbons (Fsp3) is 0.600. The quantitative estimate of drug-likeness (QED) is 0.839. The molecule has 5 heteroatoms. The van der Waals surface area contributed by atoms with Crippen LogP contribution >= 0.6 is 0 Å². The molecule has 2 amide bonds. The van der Waals surface area contributed by atoms with Crippen molar-refractivity contribution < 1.29 is 9.59 Å². The highest BCUT2D eigenvalue weighted by molar-refractivity contribution is 6.39. The molecule has 136 valence electrons. The van der Waals surface area contributed by atoms with Crippen molar-refractivity contribution in [3.8, 4) is 0 Å². The third kappa shape index (κ3) is 4.74. The molecule has 0 atom stereocenters. The number of carbonyl (C=O) groups is 2. The highest BCUT2D eigenvalue weighted by Gasteiger charge is 2.22. The molecule has 1 aromatic carbocycles. The number of likely N-dealkylation sites (tertiary alicyclic amines) is 1. The van der Waals surface area contributed by atoms with Crippen molar-refractivity contribution in [3.63, 3.8) is 0 Å². The molecule has 3 rings (SSSR count). The van der Waals surface area contributed by atoms with Crippen molar-refractivity contribution in [3.05, 3.63) is 24.3 Å². The van der Waals surface area contributed by atoms with Gasteiger partial charge in [0.2, 0.25) is 0 Å². The zero-order valence-corrected chi connectivity index (χ0v) is 15.2. The van der Waals surface area contributed by atoms with Crippen LogP contribution in [0, 0.1) is 5.92 Å². The van der Waals surface area contributed by atoms with Crippen molar-refractivity contribution in [1.82, 2.24) is 4.90 Å². The van der Waals surface area contributed by atoms with E-state index in [0.29, 0.717) is 18.8 Å². The Morgan fingerprint density at radius 2 is 1.52 bits per heavy atom. The van der Waals surface area contributed by atoms with Crippen molar-refractivity contribution in [2.75, 3.05) is 36.4 Å². The zero-order valence-electron chi connectivity index (χ0n) is 15.2. The fourth-order valence-corrected chi connectivity index (χ4v) is 3.62. The molecule has 2 aliphatic rings. The van der Waals surface area contributed by atoms with Crippen molar-refractivity contribution in [2.45, 2.75) is 45.4 Å². The molecule has 0 aromatic heterocycles. The van der Waals surface area contributed by atoms with Crippen LogP contribution in [0.3, 0.4) is 0 Å². The molecule has 0 spiro atoms. The number of hydrogen-bond acceptors (Lipinski definition) is 3. The molecular formula is C20H29N3O2. The smallest absolute Gasteiger partial charge is 0.313 e. The lowest BCUT2D eigenvalue weighted by Crippen LogP contribution is -2.40. The largest absolute Gasteiger partial charge is 0.372 e. The van der Waals surface area contributed by atoms with Gasteiger partial charge in [0.15, 0.2) is 0 Å². The number of benzene rings is 1. The molecule has 2 heterocycles. The number of amides is 2. The molecule has 0 aliphatic carbocycles. The van der Waals surface area contributed by atoms with Crippen LogP contribution in [0.4, 0.5) is 11.4 Å². The summed E-state index contributed by atoms with van der Waals surface area (Å²) < 4.78 is 0. The van der Waals surface area contributed by atoms with Gasteiger partial charge in [0.05, 0.1) is 0 Å². The van der Waals surface area contributed by atoms with E-state index in [0.717, 1.165) is 44.7 Å². The Morgan fingerprint density at radius 3 is 2.12 bits per heavy atom. The predicted molar refractivity (Wildman–Crippen MR) is 101 cm³/mol. The Labute approximate surface area is 150 Å². The van der Waals surface area contributed by atoms with Crippen molar-refractivity contribution in [1.29, 1.82) is 0 Å². The third-order valence-electron chi connectivity index (χ3n) is 5.36. The van der Waals surface area contributed by atoms with Crippen LogP contribution in [-0.4, -0.2) is 42.9 Å². The Bertz CT molecular complexity index is 583. The highest BCUT2D eigenvalue weighted by Crippen LogP contribution is 2.24. The minimum Gasteiger partial charge on any atom is -0.372 e. The lowest BCUT2D eigenvalue weighted by Gasteiger charge is -2.32. The number of hydrogen-bond donors (Lipinski definition) is 1. The molecular weight excluding hydrogens is 314 g/mol. The summed E-state index contributed by atoms with van der Waals surface area (Å²) in [4.78, 5) is 28.6. The number of piperidine rings is 1. The summed E-state index contributed by atoms with van der Waals surface area (Å²) in [7, 11) is 0. The van der Waals surface area contributed by atoms with Gasteiger partial charge in [-0.05, 0) is 55.9 Å². The van der Waals surface area contributed by atoms with Gasteiger partial charge < -0.3 is 15.1 Å². The molecule has 25 heavy (non-hydrogen) atoms. The van der Waals surface area contributed by atoms with E-state index in [-0.39, 0.29) is 0 Å². The van der Waals surface area contributed by atoms with Crippen LogP contribution in [0.15, 0.2) is 24.3 Å². The Morgan fingerprint density at radius 1 is 0.920 bits per heavy atom. The number of carbonyl (C=O) groups excluding carboxylic acids is 2. The summed E-state index contributed by atoms with van der Waals surface area (Å²) in [5, 5.41) is 2.75. The summed E-state index contributed by atoms with van der Waals surface area (Å²) in [5.74, 6) is -0.128. The van der Waals surface area contributed by atoms with Gasteiger partial charge in [0.1, 0.15) is 0 Å². The molecule has 0 saturated carbocycles. The van der Waals surface area contributed by atoms with Crippen LogP contribution in [0.1, 0.15) is 45.4 Å². The van der Waals surface area contributed by atoms with E-state index >= 15 is 0 Å². The normalized spacial score (nSPS) is 19.4. The average molecular weight is 343 g/mol. The van der Waals surface area contributed by atoms with Crippen LogP contribution in [0.5, 0.6) is 0 Å². The first-order valence-electron chi connectivity index (χ1n) is 9.59. The van der Waals surface area contributed by atoms with Crippen molar-refractivity contribution in [2.24, 2.45) is 5.92 Å². The lowest BCUT2D eigenvalue weighted by molar-refractivity contribution is -0.143. The van der Waals surface area contributed by atoms with Crippen LogP contribution in [0.25, 0.3) is 0 Å². The van der Waals surface area contributed by atoms with Gasteiger partial charge in [-0.15, -0.1) is 0 Å². The molecule has 0 unspecified atom stereocenters. The molecule has 2 aliphatic heterocycles. The minimum atomic E-state index is -0.526. The molecule has 2 fully saturated rings. The maximum Gasteiger partial charge on any atom is 0.313 e. The van der Waals surface area contributed by atoms with Crippen LogP contribution in [0.2, 0.25) is 0 Å². The van der Waals surface area contributed by atoms with E-state index in [1.54, 1.807) is 4.90 Å². The van der Waals surface area contributed by atoms with Gasteiger partial charge in [-0.25, -0.2) is 0 Å². The van der Waals surface area contributed by atoms with Gasteiger partial charge in [-0.3, -0.25) is 9.59 Å². The third-order valence-corrected chi connectivity index (χ3v) is 5.36. The first-order chi connectivity index (χ1) is 12.1.